The number of aliphatic carboxylic acids is 1. The van der Waals surface area contributed by atoms with E-state index in [4.69, 9.17) is 33.7 Å². The summed E-state index contributed by atoms with van der Waals surface area (Å²) < 4.78 is 5.05. The number of benzene rings is 4. The maximum atomic E-state index is 12.9. The highest BCUT2D eigenvalue weighted by atomic mass is 35.5. The number of primary amides is 1. The number of alkyl carbamates (subject to hydrolysis) is 1. The molecule has 4 N–H and O–H groups in total. The molecule has 0 spiro atoms. The number of carboxylic acids is 1. The van der Waals surface area contributed by atoms with Crippen LogP contribution >= 0.6 is 35.0 Å². The molecular formula is C39H43Cl2N3O5S. The van der Waals surface area contributed by atoms with E-state index in [2.05, 4.69) is 78.1 Å². The number of carbonyl (C=O) groups is 3. The maximum absolute atomic E-state index is 12.9. The van der Waals surface area contributed by atoms with E-state index in [0.717, 1.165) is 23.1 Å². The fourth-order valence-corrected chi connectivity index (χ4v) is 7.85. The number of rotatable bonds is 11. The molecule has 264 valence electrons. The number of carbonyl (C=O) groups excluding carboxylic acids is 2. The normalized spacial score (nSPS) is 15.3. The highest BCUT2D eigenvalue weighted by Crippen LogP contribution is 2.48. The zero-order chi connectivity index (χ0) is 36.3. The highest BCUT2D eigenvalue weighted by Gasteiger charge is 2.39. The summed E-state index contributed by atoms with van der Waals surface area (Å²) in [4.78, 5) is 37.5. The average molecular weight is 737 g/mol. The maximum Gasteiger partial charge on any atom is 0.407 e. The van der Waals surface area contributed by atoms with Crippen molar-refractivity contribution in [3.8, 4) is 0 Å². The third-order valence-electron chi connectivity index (χ3n) is 8.08. The van der Waals surface area contributed by atoms with Gasteiger partial charge in [0.15, 0.2) is 0 Å². The Morgan fingerprint density at radius 1 is 0.880 bits per heavy atom. The standard InChI is InChI=1S/C32H38N2O4S.C7H5Cl2NO/c1-31(2,3)38-30(37)33-27(22-34-21-13-20-28(34)29(35)36)23-39-32(24-14-7-4-8-15-24,25-16-9-5-10-17-25)26-18-11-6-12-19-26;8-5-3-1-2-4(6(5)9)7(10)11/h4-12,14-19,27-28H,13,20-23H2,1-3H3,(H,33,37)(H,35,36);1-3H,(H2,10,11)/t27-,28+;/m1./s1. The molecule has 1 fully saturated rings. The Bertz CT molecular complexity index is 1630. The fraction of sp³-hybridized carbons (Fsp3) is 0.308. The Balaban J connectivity index is 0.000000435. The Morgan fingerprint density at radius 2 is 1.40 bits per heavy atom. The summed E-state index contributed by atoms with van der Waals surface area (Å²) in [5, 5.41) is 13.4. The van der Waals surface area contributed by atoms with Crippen LogP contribution in [0.4, 0.5) is 4.79 Å². The van der Waals surface area contributed by atoms with E-state index in [9.17, 15) is 19.5 Å². The zero-order valence-corrected chi connectivity index (χ0v) is 30.7. The first-order chi connectivity index (χ1) is 23.8. The van der Waals surface area contributed by atoms with Gasteiger partial charge in [0.1, 0.15) is 11.6 Å². The molecule has 0 bridgehead atoms. The SMILES string of the molecule is CC(C)(C)OC(=O)N[C@@H](CSC(c1ccccc1)(c1ccccc1)c1ccccc1)CN1CCC[C@H]1C(=O)O.NC(=O)c1cccc(Cl)c1Cl. The molecule has 0 radical (unpaired) electrons. The lowest BCUT2D eigenvalue weighted by atomic mass is 9.84. The molecule has 1 heterocycles. The molecule has 2 atom stereocenters. The summed E-state index contributed by atoms with van der Waals surface area (Å²) >= 11 is 13.0. The van der Waals surface area contributed by atoms with Crippen LogP contribution < -0.4 is 11.1 Å². The molecule has 1 aliphatic rings. The van der Waals surface area contributed by atoms with Crippen molar-refractivity contribution >= 4 is 52.9 Å². The van der Waals surface area contributed by atoms with Gasteiger partial charge in [0, 0.05) is 12.3 Å². The van der Waals surface area contributed by atoms with Crippen molar-refractivity contribution in [1.29, 1.82) is 0 Å². The monoisotopic (exact) mass is 735 g/mol. The lowest BCUT2D eigenvalue weighted by Crippen LogP contribution is -2.50. The third-order valence-corrected chi connectivity index (χ3v) is 10.6. The molecule has 5 rings (SSSR count). The van der Waals surface area contributed by atoms with Crippen LogP contribution in [0, 0.1) is 0 Å². The molecule has 0 aromatic heterocycles. The van der Waals surface area contributed by atoms with Gasteiger partial charge in [0.25, 0.3) is 0 Å². The summed E-state index contributed by atoms with van der Waals surface area (Å²) in [6.07, 6.45) is 0.943. The van der Waals surface area contributed by atoms with Crippen LogP contribution in [-0.2, 0) is 14.3 Å². The molecule has 11 heteroatoms. The average Bonchev–Trinajstić information content (AvgIpc) is 3.55. The highest BCUT2D eigenvalue weighted by molar-refractivity contribution is 8.00. The lowest BCUT2D eigenvalue weighted by molar-refractivity contribution is -0.142. The van der Waals surface area contributed by atoms with Gasteiger partial charge >= 0.3 is 12.1 Å². The molecule has 4 aromatic rings. The first-order valence-electron chi connectivity index (χ1n) is 16.3. The third kappa shape index (κ3) is 10.3. The van der Waals surface area contributed by atoms with E-state index in [1.165, 1.54) is 6.07 Å². The van der Waals surface area contributed by atoms with Gasteiger partial charge in [-0.1, -0.05) is 120 Å². The number of ether oxygens (including phenoxy) is 1. The van der Waals surface area contributed by atoms with Gasteiger partial charge in [-0.2, -0.15) is 0 Å². The van der Waals surface area contributed by atoms with Crippen LogP contribution in [-0.4, -0.2) is 64.5 Å². The number of amides is 2. The Labute approximate surface area is 308 Å². The topological polar surface area (TPSA) is 122 Å². The predicted octanol–water partition coefficient (Wildman–Crippen LogP) is 8.25. The van der Waals surface area contributed by atoms with E-state index in [0.29, 0.717) is 30.3 Å². The van der Waals surface area contributed by atoms with E-state index < -0.39 is 34.4 Å². The van der Waals surface area contributed by atoms with Crippen molar-refractivity contribution in [3.63, 3.8) is 0 Å². The second-order valence-corrected chi connectivity index (χ2v) is 14.9. The Kier molecular flexibility index (Phi) is 13.8. The van der Waals surface area contributed by atoms with Gasteiger partial charge in [-0.05, 0) is 69.0 Å². The summed E-state index contributed by atoms with van der Waals surface area (Å²) in [6.45, 7) is 6.63. The quantitative estimate of drug-likeness (QED) is 0.133. The van der Waals surface area contributed by atoms with Gasteiger partial charge in [-0.25, -0.2) is 4.79 Å². The molecule has 0 saturated carbocycles. The van der Waals surface area contributed by atoms with E-state index in [-0.39, 0.29) is 16.6 Å². The number of nitrogens with zero attached hydrogens (tertiary/aromatic N) is 1. The minimum absolute atomic E-state index is 0.210. The number of nitrogens with one attached hydrogen (secondary N) is 1. The number of likely N-dealkylation sites (tertiary alicyclic amines) is 1. The van der Waals surface area contributed by atoms with Crippen molar-refractivity contribution in [1.82, 2.24) is 10.2 Å². The molecule has 50 heavy (non-hydrogen) atoms. The number of carboxylic acid groups (broad SMARTS) is 1. The number of hydrogen-bond donors (Lipinski definition) is 3. The van der Waals surface area contributed by atoms with E-state index in [1.54, 1.807) is 23.9 Å². The van der Waals surface area contributed by atoms with Crippen molar-refractivity contribution in [3.05, 3.63) is 141 Å². The molecule has 8 nitrogen and oxygen atoms in total. The molecule has 1 aliphatic heterocycles. The molecule has 0 aliphatic carbocycles. The van der Waals surface area contributed by atoms with Crippen molar-refractivity contribution in [2.75, 3.05) is 18.8 Å². The number of thioether (sulfide) groups is 1. The second kappa shape index (κ2) is 17.8. The van der Waals surface area contributed by atoms with Gasteiger partial charge in [0.2, 0.25) is 5.91 Å². The van der Waals surface area contributed by atoms with Gasteiger partial charge in [0.05, 0.1) is 26.4 Å². The van der Waals surface area contributed by atoms with Crippen LogP contribution in [0.15, 0.2) is 109 Å². The molecule has 1 saturated heterocycles. The number of halogens is 2. The largest absolute Gasteiger partial charge is 0.480 e. The predicted molar refractivity (Wildman–Crippen MR) is 202 cm³/mol. The van der Waals surface area contributed by atoms with Crippen molar-refractivity contribution in [2.24, 2.45) is 5.73 Å². The first-order valence-corrected chi connectivity index (χ1v) is 18.1. The van der Waals surface area contributed by atoms with Crippen LogP contribution in [0.2, 0.25) is 10.0 Å². The van der Waals surface area contributed by atoms with Crippen LogP contribution in [0.25, 0.3) is 0 Å². The zero-order valence-electron chi connectivity index (χ0n) is 28.4. The molecule has 2 amide bonds. The minimum atomic E-state index is -0.816. The number of nitrogens with two attached hydrogens (primary N) is 1. The molecule has 4 aromatic carbocycles. The number of hydrogen-bond acceptors (Lipinski definition) is 6. The van der Waals surface area contributed by atoms with Crippen molar-refractivity contribution in [2.45, 2.75) is 56.0 Å². The van der Waals surface area contributed by atoms with Crippen LogP contribution in [0.3, 0.4) is 0 Å². The summed E-state index contributed by atoms with van der Waals surface area (Å²) in [7, 11) is 0. The smallest absolute Gasteiger partial charge is 0.407 e. The summed E-state index contributed by atoms with van der Waals surface area (Å²) in [5.41, 5.74) is 8.01. The lowest BCUT2D eigenvalue weighted by Gasteiger charge is -2.37. The summed E-state index contributed by atoms with van der Waals surface area (Å²) in [6, 6.07) is 35.1. The summed E-state index contributed by atoms with van der Waals surface area (Å²) in [5.74, 6) is -0.846. The fourth-order valence-electron chi connectivity index (χ4n) is 5.91. The van der Waals surface area contributed by atoms with Gasteiger partial charge < -0.3 is 20.9 Å². The van der Waals surface area contributed by atoms with Gasteiger partial charge in [-0.3, -0.25) is 14.5 Å². The molecular weight excluding hydrogens is 693 g/mol. The van der Waals surface area contributed by atoms with E-state index in [1.807, 2.05) is 43.9 Å². The second-order valence-electron chi connectivity index (χ2n) is 12.9. The van der Waals surface area contributed by atoms with Crippen LogP contribution in [0.1, 0.15) is 60.7 Å². The Hall–Kier alpha value is -4.02. The Morgan fingerprint density at radius 3 is 1.84 bits per heavy atom. The molecule has 0 unspecified atom stereocenters. The van der Waals surface area contributed by atoms with E-state index >= 15 is 0 Å². The van der Waals surface area contributed by atoms with Crippen LogP contribution in [0.5, 0.6) is 0 Å². The van der Waals surface area contributed by atoms with Crippen molar-refractivity contribution < 1.29 is 24.2 Å². The minimum Gasteiger partial charge on any atom is -0.480 e. The first kappa shape index (κ1) is 38.8. The van der Waals surface area contributed by atoms with Gasteiger partial charge in [-0.15, -0.1) is 11.8 Å².